The minimum atomic E-state index is -0.211. The maximum Gasteiger partial charge on any atom is 0.341 e. The summed E-state index contributed by atoms with van der Waals surface area (Å²) in [6.45, 7) is 6.73. The summed E-state index contributed by atoms with van der Waals surface area (Å²) >= 11 is 7.46. The summed E-state index contributed by atoms with van der Waals surface area (Å²) in [6.07, 6.45) is 9.16. The number of hydrogen-bond donors (Lipinski definition) is 1. The van der Waals surface area contributed by atoms with Gasteiger partial charge in [0, 0.05) is 17.0 Å². The van der Waals surface area contributed by atoms with E-state index >= 15 is 0 Å². The fraction of sp³-hybridized carbons (Fsp3) is 0.700. The number of thiophene rings is 1. The van der Waals surface area contributed by atoms with Crippen molar-refractivity contribution in [1.29, 1.82) is 0 Å². The SMILES string of the molecule is CCOC(=O)c1c(NC(=S)N2[C@@H](C)CCC[C@@H]2C)sc2c1CCCCC2. The number of anilines is 1. The van der Waals surface area contributed by atoms with E-state index in [2.05, 4.69) is 24.1 Å². The third-order valence-corrected chi connectivity index (χ3v) is 7.07. The predicted octanol–water partition coefficient (Wildman–Crippen LogP) is 5.15. The van der Waals surface area contributed by atoms with Gasteiger partial charge in [0.1, 0.15) is 5.00 Å². The molecule has 0 aromatic carbocycles. The lowest BCUT2D eigenvalue weighted by Crippen LogP contribution is -2.49. The van der Waals surface area contributed by atoms with Gasteiger partial charge in [0.25, 0.3) is 0 Å². The van der Waals surface area contributed by atoms with Gasteiger partial charge in [-0.3, -0.25) is 0 Å². The molecule has 26 heavy (non-hydrogen) atoms. The number of carbonyl (C=O) groups is 1. The van der Waals surface area contributed by atoms with Crippen LogP contribution in [0, 0.1) is 0 Å². The standard InChI is InChI=1S/C20H30N2O2S2/c1-4-24-19(23)17-15-11-6-5-7-12-16(15)26-18(17)21-20(25)22-13(2)9-8-10-14(22)3/h13-14H,4-12H2,1-3H3,(H,21,25)/t13-,14-/m0/s1. The number of rotatable bonds is 3. The molecule has 2 aliphatic rings. The number of nitrogens with one attached hydrogen (secondary N) is 1. The first-order valence-corrected chi connectivity index (χ1v) is 11.2. The zero-order chi connectivity index (χ0) is 18.7. The Labute approximate surface area is 166 Å². The smallest absolute Gasteiger partial charge is 0.341 e. The van der Waals surface area contributed by atoms with Gasteiger partial charge in [-0.05, 0) is 83.5 Å². The molecule has 6 heteroatoms. The molecule has 0 spiro atoms. The van der Waals surface area contributed by atoms with Gasteiger partial charge in [0.05, 0.1) is 12.2 Å². The number of thiocarbonyl (C=S) groups is 1. The van der Waals surface area contributed by atoms with Crippen LogP contribution in [-0.2, 0) is 17.6 Å². The monoisotopic (exact) mass is 394 g/mol. The Morgan fingerprint density at radius 1 is 1.19 bits per heavy atom. The van der Waals surface area contributed by atoms with Crippen molar-refractivity contribution in [3.8, 4) is 0 Å². The van der Waals surface area contributed by atoms with Gasteiger partial charge in [-0.2, -0.15) is 0 Å². The van der Waals surface area contributed by atoms with Crippen molar-refractivity contribution >= 4 is 39.6 Å². The van der Waals surface area contributed by atoms with Crippen molar-refractivity contribution in [1.82, 2.24) is 4.90 Å². The van der Waals surface area contributed by atoms with Crippen LogP contribution in [0.25, 0.3) is 0 Å². The minimum absolute atomic E-state index is 0.211. The Bertz CT molecular complexity index is 661. The Hall–Kier alpha value is -1.14. The number of fused-ring (bicyclic) bond motifs is 1. The van der Waals surface area contributed by atoms with Crippen molar-refractivity contribution in [3.63, 3.8) is 0 Å². The van der Waals surface area contributed by atoms with Gasteiger partial charge >= 0.3 is 5.97 Å². The lowest BCUT2D eigenvalue weighted by Gasteiger charge is -2.40. The largest absolute Gasteiger partial charge is 0.462 e. The molecule has 1 aromatic rings. The Morgan fingerprint density at radius 2 is 1.88 bits per heavy atom. The topological polar surface area (TPSA) is 41.6 Å². The summed E-state index contributed by atoms with van der Waals surface area (Å²) in [5, 5.41) is 5.06. The van der Waals surface area contributed by atoms with E-state index in [1.807, 2.05) is 6.92 Å². The van der Waals surface area contributed by atoms with E-state index in [0.717, 1.165) is 47.8 Å². The molecule has 2 heterocycles. The maximum atomic E-state index is 12.7. The van der Waals surface area contributed by atoms with Gasteiger partial charge in [-0.15, -0.1) is 11.3 Å². The van der Waals surface area contributed by atoms with Crippen LogP contribution in [0.5, 0.6) is 0 Å². The minimum Gasteiger partial charge on any atom is -0.462 e. The molecule has 1 aromatic heterocycles. The summed E-state index contributed by atoms with van der Waals surface area (Å²) in [5.74, 6) is -0.211. The molecule has 0 amide bonds. The van der Waals surface area contributed by atoms with Gasteiger partial charge < -0.3 is 15.0 Å². The molecular weight excluding hydrogens is 364 g/mol. The van der Waals surface area contributed by atoms with E-state index in [1.54, 1.807) is 11.3 Å². The number of piperidine rings is 1. The van der Waals surface area contributed by atoms with Gasteiger partial charge in [-0.25, -0.2) is 4.79 Å². The highest BCUT2D eigenvalue weighted by Crippen LogP contribution is 2.38. The lowest BCUT2D eigenvalue weighted by atomic mass is 9.98. The van der Waals surface area contributed by atoms with E-state index in [1.165, 1.54) is 29.7 Å². The number of nitrogens with zero attached hydrogens (tertiary/aromatic N) is 1. The van der Waals surface area contributed by atoms with Crippen LogP contribution < -0.4 is 5.32 Å². The number of carbonyl (C=O) groups excluding carboxylic acids is 1. The third kappa shape index (κ3) is 4.06. The van der Waals surface area contributed by atoms with E-state index in [-0.39, 0.29) is 5.97 Å². The summed E-state index contributed by atoms with van der Waals surface area (Å²) in [6, 6.07) is 0.866. The molecule has 0 radical (unpaired) electrons. The molecular formula is C20H30N2O2S2. The summed E-state index contributed by atoms with van der Waals surface area (Å²) in [5.41, 5.74) is 1.92. The molecule has 1 aliphatic carbocycles. The molecule has 1 aliphatic heterocycles. The number of aryl methyl sites for hydroxylation is 1. The third-order valence-electron chi connectivity index (χ3n) is 5.55. The first-order chi connectivity index (χ1) is 12.5. The van der Waals surface area contributed by atoms with Crippen LogP contribution in [0.1, 0.15) is 80.1 Å². The molecule has 3 rings (SSSR count). The van der Waals surface area contributed by atoms with Gasteiger partial charge in [-0.1, -0.05) is 6.42 Å². The van der Waals surface area contributed by atoms with Crippen LogP contribution in [0.3, 0.4) is 0 Å². The molecule has 0 saturated carbocycles. The van der Waals surface area contributed by atoms with E-state index in [0.29, 0.717) is 18.7 Å². The Morgan fingerprint density at radius 3 is 2.58 bits per heavy atom. The predicted molar refractivity (Wildman–Crippen MR) is 112 cm³/mol. The zero-order valence-corrected chi connectivity index (χ0v) is 17.7. The van der Waals surface area contributed by atoms with E-state index in [9.17, 15) is 4.79 Å². The fourth-order valence-electron chi connectivity index (χ4n) is 4.23. The molecule has 2 atom stereocenters. The van der Waals surface area contributed by atoms with Crippen molar-refractivity contribution in [2.24, 2.45) is 0 Å². The second-order valence-electron chi connectivity index (χ2n) is 7.46. The summed E-state index contributed by atoms with van der Waals surface area (Å²) < 4.78 is 5.37. The number of ether oxygens (including phenoxy) is 1. The number of esters is 1. The highest BCUT2D eigenvalue weighted by molar-refractivity contribution is 7.80. The van der Waals surface area contributed by atoms with Crippen molar-refractivity contribution in [2.45, 2.75) is 84.2 Å². The average Bonchev–Trinajstić information content (AvgIpc) is 2.76. The summed E-state index contributed by atoms with van der Waals surface area (Å²) in [7, 11) is 0. The van der Waals surface area contributed by atoms with E-state index < -0.39 is 0 Å². The van der Waals surface area contributed by atoms with Crippen molar-refractivity contribution < 1.29 is 9.53 Å². The molecule has 1 fully saturated rings. The Kier molecular flexibility index (Phi) is 6.56. The lowest BCUT2D eigenvalue weighted by molar-refractivity contribution is 0.0527. The zero-order valence-electron chi connectivity index (χ0n) is 16.1. The molecule has 0 unspecified atom stereocenters. The van der Waals surface area contributed by atoms with E-state index in [4.69, 9.17) is 17.0 Å². The Balaban J connectivity index is 1.88. The van der Waals surface area contributed by atoms with Crippen LogP contribution >= 0.6 is 23.6 Å². The molecule has 1 N–H and O–H groups in total. The summed E-state index contributed by atoms with van der Waals surface area (Å²) in [4.78, 5) is 16.3. The van der Waals surface area contributed by atoms with Gasteiger partial charge in [0.2, 0.25) is 0 Å². The molecule has 4 nitrogen and oxygen atoms in total. The highest BCUT2D eigenvalue weighted by atomic mass is 32.1. The molecule has 1 saturated heterocycles. The second-order valence-corrected chi connectivity index (χ2v) is 8.95. The van der Waals surface area contributed by atoms with Crippen LogP contribution in [0.15, 0.2) is 0 Å². The average molecular weight is 395 g/mol. The number of hydrogen-bond acceptors (Lipinski definition) is 4. The first-order valence-electron chi connectivity index (χ1n) is 9.93. The first kappa shape index (κ1) is 19.6. The van der Waals surface area contributed by atoms with Crippen LogP contribution in [0.2, 0.25) is 0 Å². The van der Waals surface area contributed by atoms with Gasteiger partial charge in [0.15, 0.2) is 5.11 Å². The highest BCUT2D eigenvalue weighted by Gasteiger charge is 2.30. The maximum absolute atomic E-state index is 12.7. The van der Waals surface area contributed by atoms with Crippen molar-refractivity contribution in [3.05, 3.63) is 16.0 Å². The number of likely N-dealkylation sites (tertiary alicyclic amines) is 1. The quantitative estimate of drug-likeness (QED) is 0.436. The van der Waals surface area contributed by atoms with Crippen LogP contribution in [0.4, 0.5) is 5.00 Å². The van der Waals surface area contributed by atoms with Crippen molar-refractivity contribution in [2.75, 3.05) is 11.9 Å². The second kappa shape index (κ2) is 8.70. The molecule has 144 valence electrons. The molecule has 0 bridgehead atoms. The normalized spacial score (nSPS) is 23.1. The fourth-order valence-corrected chi connectivity index (χ4v) is 6.04. The van der Waals surface area contributed by atoms with Crippen LogP contribution in [-0.4, -0.2) is 34.7 Å².